The molecule has 2 atom stereocenters. The number of carbonyl (C=O) groups is 2. The number of rotatable bonds is 3. The molecule has 2 saturated heterocycles. The smallest absolute Gasteiger partial charge is 0.242 e. The molecule has 0 aromatic carbocycles. The fraction of sp³-hybridized carbons (Fsp3) is 0.875. The minimum Gasteiger partial charge on any atom is -0.358 e. The van der Waals surface area contributed by atoms with Gasteiger partial charge in [0.15, 0.2) is 0 Å². The summed E-state index contributed by atoms with van der Waals surface area (Å²) in [6, 6.07) is -0.492. The van der Waals surface area contributed by atoms with E-state index >= 15 is 0 Å². The fourth-order valence-electron chi connectivity index (χ4n) is 3.46. The van der Waals surface area contributed by atoms with Gasteiger partial charge in [-0.25, -0.2) is 10.0 Å². The summed E-state index contributed by atoms with van der Waals surface area (Å²) in [6.45, 7) is 4.82. The van der Waals surface area contributed by atoms with Gasteiger partial charge in [-0.2, -0.15) is 0 Å². The molecule has 0 bridgehead atoms. The summed E-state index contributed by atoms with van der Waals surface area (Å²) >= 11 is 0. The molecule has 0 aromatic heterocycles. The van der Waals surface area contributed by atoms with Crippen LogP contribution in [0.5, 0.6) is 0 Å². The van der Waals surface area contributed by atoms with Gasteiger partial charge < -0.3 is 20.4 Å². The van der Waals surface area contributed by atoms with Crippen LogP contribution in [0.25, 0.3) is 0 Å². The first kappa shape index (κ1) is 19.1. The van der Waals surface area contributed by atoms with E-state index in [-0.39, 0.29) is 23.9 Å². The first-order valence-electron chi connectivity index (χ1n) is 8.81. The summed E-state index contributed by atoms with van der Waals surface area (Å²) < 4.78 is 0. The van der Waals surface area contributed by atoms with E-state index in [1.165, 1.54) is 0 Å². The summed E-state index contributed by atoms with van der Waals surface area (Å²) in [4.78, 5) is 29.1. The van der Waals surface area contributed by atoms with Gasteiger partial charge in [0.25, 0.3) is 0 Å². The molecule has 2 N–H and O–H groups in total. The van der Waals surface area contributed by atoms with E-state index < -0.39 is 0 Å². The molecule has 8 heteroatoms. The minimum atomic E-state index is -0.266. The summed E-state index contributed by atoms with van der Waals surface area (Å²) in [7, 11) is 7.34. The molecule has 138 valence electrons. The van der Waals surface area contributed by atoms with E-state index in [4.69, 9.17) is 0 Å². The molecule has 2 heterocycles. The van der Waals surface area contributed by atoms with Crippen LogP contribution in [0.1, 0.15) is 12.8 Å². The number of nitrogens with one attached hydrogen (secondary N) is 2. The van der Waals surface area contributed by atoms with Gasteiger partial charge in [-0.15, -0.1) is 0 Å². The average molecular weight is 340 g/mol. The Kier molecular flexibility index (Phi) is 6.97. The largest absolute Gasteiger partial charge is 0.358 e. The second-order valence-electron chi connectivity index (χ2n) is 6.85. The zero-order valence-electron chi connectivity index (χ0n) is 15.4. The zero-order valence-corrected chi connectivity index (χ0v) is 15.4. The lowest BCUT2D eigenvalue weighted by atomic mass is 10.1. The molecular weight excluding hydrogens is 308 g/mol. The maximum absolute atomic E-state index is 12.7. The number of nitrogens with zero attached hydrogens (tertiary/aromatic N) is 4. The number of hydrogen-bond acceptors (Lipinski definition) is 6. The van der Waals surface area contributed by atoms with Crippen molar-refractivity contribution in [2.45, 2.75) is 24.9 Å². The zero-order chi connectivity index (χ0) is 17.7. The molecule has 0 spiro atoms. The molecule has 0 saturated carbocycles. The molecule has 2 rings (SSSR count). The number of hydrogen-bond donors (Lipinski definition) is 2. The number of amides is 2. The third-order valence-corrected chi connectivity index (χ3v) is 4.90. The van der Waals surface area contributed by atoms with Crippen molar-refractivity contribution in [3.8, 4) is 0 Å². The maximum atomic E-state index is 12.7. The van der Waals surface area contributed by atoms with Crippen molar-refractivity contribution < 1.29 is 9.59 Å². The van der Waals surface area contributed by atoms with Gasteiger partial charge in [0.2, 0.25) is 11.8 Å². The first-order chi connectivity index (χ1) is 11.5. The van der Waals surface area contributed by atoms with Crippen molar-refractivity contribution in [2.75, 3.05) is 67.5 Å². The molecule has 0 aliphatic carbocycles. The average Bonchev–Trinajstić information content (AvgIpc) is 2.91. The van der Waals surface area contributed by atoms with Crippen molar-refractivity contribution in [3.63, 3.8) is 0 Å². The van der Waals surface area contributed by atoms with Gasteiger partial charge in [0.1, 0.15) is 12.1 Å². The number of likely N-dealkylation sites (N-methyl/N-ethyl adjacent to an activating group) is 3. The lowest BCUT2D eigenvalue weighted by molar-refractivity contribution is -0.154. The van der Waals surface area contributed by atoms with E-state index in [1.807, 2.05) is 0 Å². The second-order valence-corrected chi connectivity index (χ2v) is 6.85. The number of carbonyl (C=O) groups excluding carboxylic acids is 2. The second kappa shape index (κ2) is 8.75. The van der Waals surface area contributed by atoms with Crippen LogP contribution < -0.4 is 10.6 Å². The quantitative estimate of drug-likeness (QED) is 0.645. The molecular formula is C16H32N6O2. The standard InChI is InChI=1S/C16H32N6O2/c1-17-15(23)13-6-9-20(4)10-11-22(13)21-8-5-7-18-12-14(21)16(24)19(2)3/h13-14,18H,5-12H2,1-4H3,(H,17,23). The Labute approximate surface area is 145 Å². The van der Waals surface area contributed by atoms with E-state index in [0.29, 0.717) is 6.54 Å². The van der Waals surface area contributed by atoms with E-state index in [9.17, 15) is 9.59 Å². The summed E-state index contributed by atoms with van der Waals surface area (Å²) in [6.07, 6.45) is 1.73. The van der Waals surface area contributed by atoms with Crippen LogP contribution >= 0.6 is 0 Å². The number of hydrazine groups is 1. The lowest BCUT2D eigenvalue weighted by Gasteiger charge is -2.42. The molecule has 24 heavy (non-hydrogen) atoms. The van der Waals surface area contributed by atoms with Gasteiger partial charge in [-0.1, -0.05) is 0 Å². The molecule has 2 amide bonds. The highest BCUT2D eigenvalue weighted by atomic mass is 16.2. The molecule has 2 aliphatic rings. The Morgan fingerprint density at radius 2 is 1.79 bits per heavy atom. The SMILES string of the molecule is CNC(=O)C1CCN(C)CCN1N1CCCNCC1C(=O)N(C)C. The summed E-state index contributed by atoms with van der Waals surface area (Å²) in [5, 5.41) is 10.4. The van der Waals surface area contributed by atoms with Crippen molar-refractivity contribution in [1.82, 2.24) is 30.5 Å². The van der Waals surface area contributed by atoms with Crippen molar-refractivity contribution in [3.05, 3.63) is 0 Å². The molecule has 0 radical (unpaired) electrons. The van der Waals surface area contributed by atoms with E-state index in [0.717, 1.165) is 45.6 Å². The van der Waals surface area contributed by atoms with Gasteiger partial charge in [0.05, 0.1) is 0 Å². The van der Waals surface area contributed by atoms with Crippen LogP contribution in [0.15, 0.2) is 0 Å². The van der Waals surface area contributed by atoms with Crippen LogP contribution in [0.2, 0.25) is 0 Å². The molecule has 8 nitrogen and oxygen atoms in total. The van der Waals surface area contributed by atoms with E-state index in [1.54, 1.807) is 26.0 Å². The monoisotopic (exact) mass is 340 g/mol. The Morgan fingerprint density at radius 1 is 1.08 bits per heavy atom. The van der Waals surface area contributed by atoms with Crippen molar-refractivity contribution >= 4 is 11.8 Å². The topological polar surface area (TPSA) is 71.2 Å². The van der Waals surface area contributed by atoms with Crippen LogP contribution in [0.3, 0.4) is 0 Å². The maximum Gasteiger partial charge on any atom is 0.242 e. The van der Waals surface area contributed by atoms with Gasteiger partial charge in [-0.05, 0) is 33.0 Å². The van der Waals surface area contributed by atoms with E-state index in [2.05, 4.69) is 32.6 Å². The predicted molar refractivity (Wildman–Crippen MR) is 93.3 cm³/mol. The lowest BCUT2D eigenvalue weighted by Crippen LogP contribution is -2.62. The Balaban J connectivity index is 2.28. The van der Waals surface area contributed by atoms with Crippen LogP contribution in [-0.2, 0) is 9.59 Å². The third-order valence-electron chi connectivity index (χ3n) is 4.90. The van der Waals surface area contributed by atoms with Crippen LogP contribution in [0.4, 0.5) is 0 Å². The van der Waals surface area contributed by atoms with Gasteiger partial charge >= 0.3 is 0 Å². The van der Waals surface area contributed by atoms with Crippen LogP contribution in [0, 0.1) is 0 Å². The Hall–Kier alpha value is -1.22. The normalized spacial score (nSPS) is 28.0. The molecule has 0 aromatic rings. The first-order valence-corrected chi connectivity index (χ1v) is 8.81. The van der Waals surface area contributed by atoms with Crippen molar-refractivity contribution in [1.29, 1.82) is 0 Å². The molecule has 2 fully saturated rings. The third kappa shape index (κ3) is 4.44. The van der Waals surface area contributed by atoms with Gasteiger partial charge in [0, 0.05) is 47.3 Å². The summed E-state index contributed by atoms with van der Waals surface area (Å²) in [5.74, 6) is 0.108. The van der Waals surface area contributed by atoms with Gasteiger partial charge in [-0.3, -0.25) is 9.59 Å². The van der Waals surface area contributed by atoms with Crippen LogP contribution in [-0.4, -0.2) is 111 Å². The molecule has 2 aliphatic heterocycles. The Morgan fingerprint density at radius 3 is 2.46 bits per heavy atom. The highest BCUT2D eigenvalue weighted by molar-refractivity contribution is 5.83. The summed E-state index contributed by atoms with van der Waals surface area (Å²) in [5.41, 5.74) is 0. The highest BCUT2D eigenvalue weighted by Crippen LogP contribution is 2.18. The molecule has 2 unspecified atom stereocenters. The Bertz CT molecular complexity index is 444. The van der Waals surface area contributed by atoms with Crippen molar-refractivity contribution in [2.24, 2.45) is 0 Å². The minimum absolute atomic E-state index is 0.0264. The highest BCUT2D eigenvalue weighted by Gasteiger charge is 2.38. The fourth-order valence-corrected chi connectivity index (χ4v) is 3.46. The predicted octanol–water partition coefficient (Wildman–Crippen LogP) is -1.59.